The van der Waals surface area contributed by atoms with Gasteiger partial charge in [0.15, 0.2) is 6.17 Å². The van der Waals surface area contributed by atoms with Crippen molar-refractivity contribution in [1.82, 2.24) is 5.01 Å². The van der Waals surface area contributed by atoms with Crippen LogP contribution in [0.5, 0.6) is 11.5 Å². The van der Waals surface area contributed by atoms with Gasteiger partial charge in [-0.05, 0) is 18.2 Å². The number of anilines is 1. The Bertz CT molecular complexity index is 732. The third-order valence-electron chi connectivity index (χ3n) is 4.05. The summed E-state index contributed by atoms with van der Waals surface area (Å²) in [5, 5.41) is 13.0. The molecule has 6 heteroatoms. The van der Waals surface area contributed by atoms with Crippen LogP contribution < -0.4 is 14.5 Å². The zero-order chi connectivity index (χ0) is 16.4. The van der Waals surface area contributed by atoms with Gasteiger partial charge in [-0.1, -0.05) is 18.2 Å². The molecule has 1 aliphatic heterocycles. The number of para-hydroxylation sites is 1. The normalized spacial score (nSPS) is 17.6. The van der Waals surface area contributed by atoms with E-state index in [2.05, 4.69) is 27.4 Å². The van der Waals surface area contributed by atoms with Crippen molar-refractivity contribution in [2.75, 3.05) is 33.3 Å². The first-order chi connectivity index (χ1) is 11.2. The van der Waals surface area contributed by atoms with Crippen molar-refractivity contribution in [2.45, 2.75) is 6.17 Å². The van der Waals surface area contributed by atoms with Crippen molar-refractivity contribution < 1.29 is 9.47 Å². The zero-order valence-corrected chi connectivity index (χ0v) is 13.7. The van der Waals surface area contributed by atoms with Gasteiger partial charge in [-0.2, -0.15) is 15.2 Å². The van der Waals surface area contributed by atoms with Crippen LogP contribution in [0.1, 0.15) is 11.7 Å². The van der Waals surface area contributed by atoms with Gasteiger partial charge in [0.05, 0.1) is 19.9 Å². The Morgan fingerprint density at radius 2 is 1.78 bits per heavy atom. The molecule has 0 saturated carbocycles. The predicted octanol–water partition coefficient (Wildman–Crippen LogP) is 3.78. The van der Waals surface area contributed by atoms with Crippen LogP contribution in [0.2, 0.25) is 0 Å². The zero-order valence-electron chi connectivity index (χ0n) is 13.7. The molecule has 3 rings (SSSR count). The predicted molar refractivity (Wildman–Crippen MR) is 89.4 cm³/mol. The second-order valence-electron chi connectivity index (χ2n) is 5.28. The van der Waals surface area contributed by atoms with Gasteiger partial charge in [-0.15, -0.1) is 0 Å². The molecule has 0 fully saturated rings. The molecule has 1 atom stereocenters. The van der Waals surface area contributed by atoms with Gasteiger partial charge in [0.25, 0.3) is 0 Å². The average molecular weight is 312 g/mol. The van der Waals surface area contributed by atoms with E-state index in [9.17, 15) is 0 Å². The molecular weight excluding hydrogens is 292 g/mol. The maximum absolute atomic E-state index is 5.36. The molecule has 0 saturated heterocycles. The molecular formula is C17H20N4O2. The summed E-state index contributed by atoms with van der Waals surface area (Å²) in [6.07, 6.45) is -0.150. The average Bonchev–Trinajstić information content (AvgIpc) is 2.84. The van der Waals surface area contributed by atoms with Gasteiger partial charge in [0, 0.05) is 25.7 Å². The van der Waals surface area contributed by atoms with E-state index in [0.717, 1.165) is 17.0 Å². The second-order valence-corrected chi connectivity index (χ2v) is 5.28. The molecule has 2 aromatic carbocycles. The van der Waals surface area contributed by atoms with Gasteiger partial charge < -0.3 is 14.5 Å². The molecule has 0 aliphatic carbocycles. The summed E-state index contributed by atoms with van der Waals surface area (Å²) in [4.78, 5) is 0. The topological polar surface area (TPSA) is 49.7 Å². The van der Waals surface area contributed by atoms with Gasteiger partial charge >= 0.3 is 0 Å². The molecule has 1 aliphatic rings. The van der Waals surface area contributed by atoms with Crippen LogP contribution in [-0.2, 0) is 0 Å². The van der Waals surface area contributed by atoms with Crippen LogP contribution >= 0.6 is 0 Å². The van der Waals surface area contributed by atoms with Crippen LogP contribution in [0.3, 0.4) is 0 Å². The Morgan fingerprint density at radius 3 is 2.52 bits per heavy atom. The standard InChI is InChI=1S/C17H20N4O2/c1-20-15-8-6-5-7-13(15)17(21(20)2)19-18-14-10-9-12(22-3)11-16(14)23-4/h5-11,17H,1-4H3. The number of hydrogen-bond donors (Lipinski definition) is 0. The van der Waals surface area contributed by atoms with Crippen molar-refractivity contribution in [1.29, 1.82) is 0 Å². The summed E-state index contributed by atoms with van der Waals surface area (Å²) in [6.45, 7) is 0. The molecule has 0 aromatic heterocycles. The van der Waals surface area contributed by atoms with Crippen molar-refractivity contribution in [2.24, 2.45) is 10.2 Å². The lowest BCUT2D eigenvalue weighted by molar-refractivity contribution is 0.263. The van der Waals surface area contributed by atoms with Crippen molar-refractivity contribution in [3.8, 4) is 11.5 Å². The molecule has 120 valence electrons. The largest absolute Gasteiger partial charge is 0.497 e. The summed E-state index contributed by atoms with van der Waals surface area (Å²) >= 11 is 0. The lowest BCUT2D eigenvalue weighted by Gasteiger charge is -2.23. The van der Waals surface area contributed by atoms with E-state index in [-0.39, 0.29) is 6.17 Å². The fourth-order valence-corrected chi connectivity index (χ4v) is 2.66. The SMILES string of the molecule is COc1ccc(N=NC2c3ccccc3N(C)N2C)c(OC)c1. The van der Waals surface area contributed by atoms with Crippen LogP contribution in [-0.4, -0.2) is 33.3 Å². The van der Waals surface area contributed by atoms with Crippen molar-refractivity contribution in [3.05, 3.63) is 48.0 Å². The number of ether oxygens (including phenoxy) is 2. The van der Waals surface area contributed by atoms with Gasteiger partial charge in [0.1, 0.15) is 17.2 Å². The first kappa shape index (κ1) is 15.3. The number of fused-ring (bicyclic) bond motifs is 1. The lowest BCUT2D eigenvalue weighted by Crippen LogP contribution is -2.32. The van der Waals surface area contributed by atoms with E-state index in [1.807, 2.05) is 43.4 Å². The third kappa shape index (κ3) is 2.73. The molecule has 1 heterocycles. The van der Waals surface area contributed by atoms with Crippen LogP contribution in [0.4, 0.5) is 11.4 Å². The number of benzene rings is 2. The summed E-state index contributed by atoms with van der Waals surface area (Å²) < 4.78 is 10.6. The smallest absolute Gasteiger partial charge is 0.167 e. The molecule has 6 nitrogen and oxygen atoms in total. The fraction of sp³-hybridized carbons (Fsp3) is 0.294. The van der Waals surface area contributed by atoms with Crippen LogP contribution in [0.15, 0.2) is 52.7 Å². The number of methoxy groups -OCH3 is 2. The van der Waals surface area contributed by atoms with Crippen LogP contribution in [0.25, 0.3) is 0 Å². The molecule has 2 aromatic rings. The molecule has 1 unspecified atom stereocenters. The van der Waals surface area contributed by atoms with Gasteiger partial charge in [-0.3, -0.25) is 0 Å². The Kier molecular flexibility index (Phi) is 4.16. The summed E-state index contributed by atoms with van der Waals surface area (Å²) in [6, 6.07) is 13.7. The van der Waals surface area contributed by atoms with Gasteiger partial charge in [-0.25, -0.2) is 0 Å². The Labute approximate surface area is 135 Å². The van der Waals surface area contributed by atoms with Crippen LogP contribution in [0, 0.1) is 0 Å². The molecule has 0 spiro atoms. The number of rotatable bonds is 4. The maximum Gasteiger partial charge on any atom is 0.167 e. The number of hydrogen-bond acceptors (Lipinski definition) is 6. The number of nitrogens with zero attached hydrogens (tertiary/aromatic N) is 4. The van der Waals surface area contributed by atoms with E-state index in [0.29, 0.717) is 11.4 Å². The highest BCUT2D eigenvalue weighted by Crippen LogP contribution is 2.40. The Morgan fingerprint density at radius 1 is 1.00 bits per heavy atom. The molecule has 0 radical (unpaired) electrons. The molecule has 0 amide bonds. The molecule has 0 bridgehead atoms. The van der Waals surface area contributed by atoms with Gasteiger partial charge in [0.2, 0.25) is 0 Å². The van der Waals surface area contributed by atoms with E-state index < -0.39 is 0 Å². The monoisotopic (exact) mass is 312 g/mol. The third-order valence-corrected chi connectivity index (χ3v) is 4.05. The minimum Gasteiger partial charge on any atom is -0.497 e. The summed E-state index contributed by atoms with van der Waals surface area (Å²) in [7, 11) is 7.24. The Hall–Kier alpha value is -2.60. The second kappa shape index (κ2) is 6.26. The maximum atomic E-state index is 5.36. The highest BCUT2D eigenvalue weighted by molar-refractivity contribution is 5.58. The highest BCUT2D eigenvalue weighted by Gasteiger charge is 2.31. The van der Waals surface area contributed by atoms with Crippen molar-refractivity contribution in [3.63, 3.8) is 0 Å². The fourth-order valence-electron chi connectivity index (χ4n) is 2.66. The van der Waals surface area contributed by atoms with E-state index in [1.165, 1.54) is 0 Å². The summed E-state index contributed by atoms with van der Waals surface area (Å²) in [5.41, 5.74) is 2.95. The first-order valence-corrected chi connectivity index (χ1v) is 7.34. The Balaban J connectivity index is 1.92. The number of hydrazine groups is 1. The summed E-state index contributed by atoms with van der Waals surface area (Å²) in [5.74, 6) is 1.36. The molecule has 0 N–H and O–H groups in total. The van der Waals surface area contributed by atoms with E-state index >= 15 is 0 Å². The van der Waals surface area contributed by atoms with Crippen molar-refractivity contribution >= 4 is 11.4 Å². The molecule has 23 heavy (non-hydrogen) atoms. The minimum absolute atomic E-state index is 0.150. The first-order valence-electron chi connectivity index (χ1n) is 7.34. The quantitative estimate of drug-likeness (QED) is 0.806. The highest BCUT2D eigenvalue weighted by atomic mass is 16.5. The van der Waals surface area contributed by atoms with E-state index in [1.54, 1.807) is 20.3 Å². The van der Waals surface area contributed by atoms with E-state index in [4.69, 9.17) is 9.47 Å². The minimum atomic E-state index is -0.150. The number of azo groups is 1. The lowest BCUT2D eigenvalue weighted by atomic mass is 10.1.